The van der Waals surface area contributed by atoms with Crippen LogP contribution in [0.5, 0.6) is 0 Å². The monoisotopic (exact) mass is 406 g/mol. The van der Waals surface area contributed by atoms with Crippen molar-refractivity contribution >= 4 is 44.1 Å². The second-order valence-electron chi connectivity index (χ2n) is 6.47. The van der Waals surface area contributed by atoms with Gasteiger partial charge in [-0.3, -0.25) is 9.48 Å². The summed E-state index contributed by atoms with van der Waals surface area (Å²) in [5.74, 6) is -0.328. The average Bonchev–Trinajstić information content (AvgIpc) is 2.99. The molecule has 1 heterocycles. The Balaban J connectivity index is 1.97. The molecule has 2 aromatic carbocycles. The summed E-state index contributed by atoms with van der Waals surface area (Å²) < 4.78 is 25.7. The van der Waals surface area contributed by atoms with E-state index in [0.717, 1.165) is 0 Å². The minimum atomic E-state index is -3.99. The van der Waals surface area contributed by atoms with Gasteiger partial charge in [-0.05, 0) is 37.6 Å². The maximum atomic E-state index is 12.4. The lowest BCUT2D eigenvalue weighted by Crippen LogP contribution is -2.16. The quantitative estimate of drug-likeness (QED) is 0.678. The van der Waals surface area contributed by atoms with Crippen LogP contribution in [0.1, 0.15) is 25.5 Å². The Morgan fingerprint density at radius 2 is 2.00 bits per heavy atom. The Hall–Kier alpha value is -2.42. The fourth-order valence-electron chi connectivity index (χ4n) is 2.70. The zero-order chi connectivity index (χ0) is 19.8. The molecule has 0 saturated heterocycles. The summed E-state index contributed by atoms with van der Waals surface area (Å²) in [5.41, 5.74) is 1.41. The number of carbonyl (C=O) groups excluding carboxylic acids is 1. The molecule has 0 aliphatic carbocycles. The Morgan fingerprint density at radius 1 is 1.30 bits per heavy atom. The van der Waals surface area contributed by atoms with Gasteiger partial charge in [0.05, 0.1) is 16.8 Å². The number of halogens is 1. The number of nitrogens with two attached hydrogens (primary N) is 1. The van der Waals surface area contributed by atoms with Crippen molar-refractivity contribution in [3.05, 3.63) is 53.2 Å². The summed E-state index contributed by atoms with van der Waals surface area (Å²) in [6.07, 6.45) is 1.69. The normalized spacial score (nSPS) is 11.9. The zero-order valence-electron chi connectivity index (χ0n) is 14.8. The highest BCUT2D eigenvalue weighted by Crippen LogP contribution is 2.27. The molecule has 3 N–H and O–H groups in total. The number of nitrogens with one attached hydrogen (secondary N) is 1. The van der Waals surface area contributed by atoms with Crippen LogP contribution in [-0.4, -0.2) is 24.1 Å². The molecule has 0 atom stereocenters. The number of benzene rings is 2. The van der Waals surface area contributed by atoms with Crippen molar-refractivity contribution in [1.29, 1.82) is 0 Å². The average molecular weight is 407 g/mol. The van der Waals surface area contributed by atoms with Gasteiger partial charge in [-0.1, -0.05) is 29.8 Å². The number of sulfonamides is 1. The third-order valence-corrected chi connectivity index (χ3v) is 5.35. The molecule has 0 unspecified atom stereocenters. The van der Waals surface area contributed by atoms with Crippen LogP contribution >= 0.6 is 11.6 Å². The Morgan fingerprint density at radius 3 is 2.63 bits per heavy atom. The van der Waals surface area contributed by atoms with Crippen molar-refractivity contribution in [2.24, 2.45) is 5.14 Å². The van der Waals surface area contributed by atoms with Crippen molar-refractivity contribution in [2.45, 2.75) is 31.2 Å². The minimum Gasteiger partial charge on any atom is -0.326 e. The number of nitrogens with zero attached hydrogens (tertiary/aromatic N) is 2. The molecule has 0 fully saturated rings. The van der Waals surface area contributed by atoms with E-state index in [9.17, 15) is 13.2 Å². The van der Waals surface area contributed by atoms with E-state index in [1.165, 1.54) is 6.07 Å². The molecule has 1 aromatic heterocycles. The summed E-state index contributed by atoms with van der Waals surface area (Å²) in [5, 5.41) is 13.3. The largest absolute Gasteiger partial charge is 0.326 e. The molecule has 0 bridgehead atoms. The second-order valence-corrected chi connectivity index (χ2v) is 8.41. The van der Waals surface area contributed by atoms with Gasteiger partial charge in [-0.2, -0.15) is 5.10 Å². The molecule has 27 heavy (non-hydrogen) atoms. The summed E-state index contributed by atoms with van der Waals surface area (Å²) >= 11 is 6.08. The molecule has 0 saturated carbocycles. The SMILES string of the molecule is CC(C)n1cc2c(S(N)(=O)=O)cc(NC(=O)Cc3ccccc3Cl)cc2n1. The fraction of sp³-hybridized carbons (Fsp3) is 0.222. The van der Waals surface area contributed by atoms with Gasteiger partial charge in [0.25, 0.3) is 0 Å². The van der Waals surface area contributed by atoms with E-state index < -0.39 is 10.0 Å². The van der Waals surface area contributed by atoms with Crippen molar-refractivity contribution in [3.63, 3.8) is 0 Å². The van der Waals surface area contributed by atoms with Gasteiger partial charge >= 0.3 is 0 Å². The Labute approximate surface area is 162 Å². The van der Waals surface area contributed by atoms with Crippen LogP contribution in [0.15, 0.2) is 47.5 Å². The van der Waals surface area contributed by atoms with Gasteiger partial charge < -0.3 is 5.32 Å². The standard InChI is InChI=1S/C18H19ClN4O3S/c1-11(2)23-10-14-16(22-23)8-13(9-17(14)27(20,25)26)21-18(24)7-12-5-3-4-6-15(12)19/h3-6,8-11H,7H2,1-2H3,(H,21,24)(H2,20,25,26). The highest BCUT2D eigenvalue weighted by molar-refractivity contribution is 7.89. The van der Waals surface area contributed by atoms with Crippen LogP contribution in [0.2, 0.25) is 5.02 Å². The third-order valence-electron chi connectivity index (χ3n) is 4.03. The fourth-order valence-corrected chi connectivity index (χ4v) is 3.66. The number of anilines is 1. The summed E-state index contributed by atoms with van der Waals surface area (Å²) in [7, 11) is -3.99. The molecule has 3 rings (SSSR count). The van der Waals surface area contributed by atoms with E-state index in [1.54, 1.807) is 41.2 Å². The van der Waals surface area contributed by atoms with E-state index in [2.05, 4.69) is 10.4 Å². The molecule has 0 aliphatic heterocycles. The maximum Gasteiger partial charge on any atom is 0.238 e. The Kier molecular flexibility index (Phi) is 5.23. The second kappa shape index (κ2) is 7.30. The van der Waals surface area contributed by atoms with Crippen molar-refractivity contribution in [1.82, 2.24) is 9.78 Å². The van der Waals surface area contributed by atoms with Gasteiger partial charge in [-0.25, -0.2) is 13.6 Å². The van der Waals surface area contributed by atoms with E-state index in [0.29, 0.717) is 27.2 Å². The highest BCUT2D eigenvalue weighted by Gasteiger charge is 2.18. The van der Waals surface area contributed by atoms with Crippen LogP contribution in [0.25, 0.3) is 10.9 Å². The third kappa shape index (κ3) is 4.29. The van der Waals surface area contributed by atoms with E-state index in [1.807, 2.05) is 13.8 Å². The first-order valence-electron chi connectivity index (χ1n) is 8.24. The number of aromatic nitrogens is 2. The van der Waals surface area contributed by atoms with Crippen LogP contribution in [0.4, 0.5) is 5.69 Å². The summed E-state index contributed by atoms with van der Waals surface area (Å²) in [6, 6.07) is 10.0. The maximum absolute atomic E-state index is 12.4. The zero-order valence-corrected chi connectivity index (χ0v) is 16.4. The predicted molar refractivity (Wildman–Crippen MR) is 105 cm³/mol. The number of rotatable bonds is 5. The summed E-state index contributed by atoms with van der Waals surface area (Å²) in [4.78, 5) is 12.3. The van der Waals surface area contributed by atoms with Crippen molar-refractivity contribution in [3.8, 4) is 0 Å². The van der Waals surface area contributed by atoms with Crippen LogP contribution in [0, 0.1) is 0 Å². The molecule has 1 amide bonds. The number of carbonyl (C=O) groups is 1. The van der Waals surface area contributed by atoms with Crippen LogP contribution in [0.3, 0.4) is 0 Å². The lowest BCUT2D eigenvalue weighted by molar-refractivity contribution is -0.115. The van der Waals surface area contributed by atoms with Gasteiger partial charge in [0.2, 0.25) is 15.9 Å². The molecule has 3 aromatic rings. The molecule has 9 heteroatoms. The molecule has 142 valence electrons. The highest BCUT2D eigenvalue weighted by atomic mass is 35.5. The number of amides is 1. The van der Waals surface area contributed by atoms with Gasteiger partial charge in [-0.15, -0.1) is 0 Å². The van der Waals surface area contributed by atoms with E-state index in [-0.39, 0.29) is 23.3 Å². The number of primary sulfonamides is 1. The number of hydrogen-bond donors (Lipinski definition) is 2. The first-order chi connectivity index (χ1) is 12.6. The van der Waals surface area contributed by atoms with E-state index >= 15 is 0 Å². The van der Waals surface area contributed by atoms with Crippen LogP contribution < -0.4 is 10.5 Å². The molecule has 0 spiro atoms. The van der Waals surface area contributed by atoms with E-state index in [4.69, 9.17) is 16.7 Å². The number of fused-ring (bicyclic) bond motifs is 1. The topological polar surface area (TPSA) is 107 Å². The molecular weight excluding hydrogens is 388 g/mol. The first-order valence-corrected chi connectivity index (χ1v) is 10.2. The first kappa shape index (κ1) is 19.3. The lowest BCUT2D eigenvalue weighted by atomic mass is 10.1. The van der Waals surface area contributed by atoms with Gasteiger partial charge in [0, 0.05) is 28.3 Å². The van der Waals surface area contributed by atoms with Gasteiger partial charge in [0.1, 0.15) is 0 Å². The number of hydrogen-bond acceptors (Lipinski definition) is 4. The lowest BCUT2D eigenvalue weighted by Gasteiger charge is -2.08. The van der Waals surface area contributed by atoms with Gasteiger partial charge in [0.15, 0.2) is 0 Å². The molecular formula is C18H19ClN4O3S. The molecule has 0 aliphatic rings. The summed E-state index contributed by atoms with van der Waals surface area (Å²) in [6.45, 7) is 3.85. The molecule has 7 nitrogen and oxygen atoms in total. The Bertz CT molecular complexity index is 1120. The van der Waals surface area contributed by atoms with Crippen LogP contribution in [-0.2, 0) is 21.2 Å². The minimum absolute atomic E-state index is 0.0454. The predicted octanol–water partition coefficient (Wildman–Crippen LogP) is 3.10. The smallest absolute Gasteiger partial charge is 0.238 e. The molecule has 0 radical (unpaired) electrons. The van der Waals surface area contributed by atoms with Crippen molar-refractivity contribution in [2.75, 3.05) is 5.32 Å². The van der Waals surface area contributed by atoms with Crippen molar-refractivity contribution < 1.29 is 13.2 Å².